The van der Waals surface area contributed by atoms with E-state index in [1.807, 2.05) is 0 Å². The van der Waals surface area contributed by atoms with E-state index >= 15 is 0 Å². The van der Waals surface area contributed by atoms with Gasteiger partial charge in [0.2, 0.25) is 0 Å². The molecule has 0 bridgehead atoms. The summed E-state index contributed by atoms with van der Waals surface area (Å²) in [6.45, 7) is 4.11. The summed E-state index contributed by atoms with van der Waals surface area (Å²) in [4.78, 5) is 2.49. The second-order valence-electron chi connectivity index (χ2n) is 6.12. The van der Waals surface area contributed by atoms with Crippen molar-refractivity contribution in [3.63, 3.8) is 0 Å². The molecule has 19 heavy (non-hydrogen) atoms. The van der Waals surface area contributed by atoms with Gasteiger partial charge in [0.1, 0.15) is 0 Å². The lowest BCUT2D eigenvalue weighted by molar-refractivity contribution is 0.0579. The number of benzene rings is 1. The predicted octanol–water partition coefficient (Wildman–Crippen LogP) is 3.42. The fourth-order valence-corrected chi connectivity index (χ4v) is 3.39. The Morgan fingerprint density at radius 1 is 1.21 bits per heavy atom. The van der Waals surface area contributed by atoms with Gasteiger partial charge in [-0.05, 0) is 44.2 Å². The molecule has 0 heterocycles. The molecule has 1 aliphatic carbocycles. The van der Waals surface area contributed by atoms with Crippen LogP contribution >= 0.6 is 0 Å². The van der Waals surface area contributed by atoms with Crippen molar-refractivity contribution < 1.29 is 0 Å². The van der Waals surface area contributed by atoms with E-state index in [2.05, 4.69) is 49.2 Å². The first-order valence-corrected chi connectivity index (χ1v) is 7.65. The third-order valence-corrected chi connectivity index (χ3v) is 5.07. The third-order valence-electron chi connectivity index (χ3n) is 5.07. The molecule has 0 unspecified atom stereocenters. The van der Waals surface area contributed by atoms with Gasteiger partial charge in [-0.15, -0.1) is 0 Å². The Labute approximate surface area is 118 Å². The monoisotopic (exact) mass is 260 g/mol. The van der Waals surface area contributed by atoms with Crippen LogP contribution in [0.15, 0.2) is 30.3 Å². The van der Waals surface area contributed by atoms with Gasteiger partial charge in [0.05, 0.1) is 0 Å². The molecule has 1 aromatic carbocycles. The van der Waals surface area contributed by atoms with Gasteiger partial charge in [0.15, 0.2) is 0 Å². The van der Waals surface area contributed by atoms with Crippen molar-refractivity contribution in [2.24, 2.45) is 11.7 Å². The Balaban J connectivity index is 2.01. The van der Waals surface area contributed by atoms with Crippen molar-refractivity contribution in [2.75, 3.05) is 13.6 Å². The van der Waals surface area contributed by atoms with E-state index in [4.69, 9.17) is 5.73 Å². The zero-order chi connectivity index (χ0) is 13.7. The van der Waals surface area contributed by atoms with Crippen LogP contribution < -0.4 is 5.73 Å². The van der Waals surface area contributed by atoms with E-state index in [1.54, 1.807) is 0 Å². The summed E-state index contributed by atoms with van der Waals surface area (Å²) in [5, 5.41) is 0. The smallest absolute Gasteiger partial charge is 0.0332 e. The van der Waals surface area contributed by atoms with Crippen LogP contribution in [-0.2, 0) is 6.54 Å². The maximum absolute atomic E-state index is 6.14. The van der Waals surface area contributed by atoms with Crippen molar-refractivity contribution in [1.82, 2.24) is 4.90 Å². The van der Waals surface area contributed by atoms with Gasteiger partial charge >= 0.3 is 0 Å². The molecule has 106 valence electrons. The molecular formula is C17H28N2. The summed E-state index contributed by atoms with van der Waals surface area (Å²) < 4.78 is 0. The van der Waals surface area contributed by atoms with Crippen LogP contribution in [0.2, 0.25) is 0 Å². The molecule has 0 aliphatic heterocycles. The summed E-state index contributed by atoms with van der Waals surface area (Å²) in [6, 6.07) is 10.7. The van der Waals surface area contributed by atoms with Crippen LogP contribution in [0.3, 0.4) is 0 Å². The van der Waals surface area contributed by atoms with Gasteiger partial charge in [-0.2, -0.15) is 0 Å². The Hall–Kier alpha value is -0.860. The molecule has 2 heteroatoms. The van der Waals surface area contributed by atoms with Crippen LogP contribution in [0, 0.1) is 5.92 Å². The maximum atomic E-state index is 6.14. The quantitative estimate of drug-likeness (QED) is 0.879. The molecule has 0 radical (unpaired) electrons. The fraction of sp³-hybridized carbons (Fsp3) is 0.647. The average molecular weight is 260 g/mol. The standard InChI is InChI=1S/C17H28N2/c1-3-15-9-11-17(14-18,12-10-15)19(2)13-16-7-5-4-6-8-16/h4-8,15H,3,9-14,18H2,1-2H3. The topological polar surface area (TPSA) is 29.3 Å². The lowest BCUT2D eigenvalue weighted by Crippen LogP contribution is -2.53. The minimum atomic E-state index is 0.224. The second-order valence-corrected chi connectivity index (χ2v) is 6.12. The zero-order valence-electron chi connectivity index (χ0n) is 12.4. The predicted molar refractivity (Wildman–Crippen MR) is 81.9 cm³/mol. The lowest BCUT2D eigenvalue weighted by atomic mass is 9.74. The normalized spacial score (nSPS) is 27.7. The van der Waals surface area contributed by atoms with E-state index < -0.39 is 0 Å². The number of rotatable bonds is 5. The minimum absolute atomic E-state index is 0.224. The first kappa shape index (κ1) is 14.5. The molecular weight excluding hydrogens is 232 g/mol. The van der Waals surface area contributed by atoms with Crippen LogP contribution in [0.5, 0.6) is 0 Å². The number of hydrogen-bond acceptors (Lipinski definition) is 2. The summed E-state index contributed by atoms with van der Waals surface area (Å²) in [7, 11) is 2.24. The van der Waals surface area contributed by atoms with Crippen molar-refractivity contribution >= 4 is 0 Å². The van der Waals surface area contributed by atoms with Gasteiger partial charge in [-0.25, -0.2) is 0 Å². The Morgan fingerprint density at radius 2 is 1.84 bits per heavy atom. The van der Waals surface area contributed by atoms with Crippen molar-refractivity contribution in [3.05, 3.63) is 35.9 Å². The third kappa shape index (κ3) is 3.37. The highest BCUT2D eigenvalue weighted by Crippen LogP contribution is 2.37. The number of nitrogens with zero attached hydrogens (tertiary/aromatic N) is 1. The summed E-state index contributed by atoms with van der Waals surface area (Å²) >= 11 is 0. The van der Waals surface area contributed by atoms with E-state index in [1.165, 1.54) is 37.7 Å². The molecule has 2 N–H and O–H groups in total. The van der Waals surface area contributed by atoms with Crippen LogP contribution in [0.1, 0.15) is 44.6 Å². The van der Waals surface area contributed by atoms with Gasteiger partial charge in [0, 0.05) is 18.6 Å². The molecule has 0 atom stereocenters. The Kier molecular flexibility index (Phi) is 5.00. The second kappa shape index (κ2) is 6.53. The molecule has 1 aromatic rings. The lowest BCUT2D eigenvalue weighted by Gasteiger charge is -2.46. The highest BCUT2D eigenvalue weighted by Gasteiger charge is 2.36. The van der Waals surface area contributed by atoms with Crippen LogP contribution in [0.25, 0.3) is 0 Å². The zero-order valence-corrected chi connectivity index (χ0v) is 12.4. The first-order valence-electron chi connectivity index (χ1n) is 7.65. The molecule has 2 rings (SSSR count). The molecule has 1 saturated carbocycles. The van der Waals surface area contributed by atoms with Crippen molar-refractivity contribution in [1.29, 1.82) is 0 Å². The highest BCUT2D eigenvalue weighted by molar-refractivity contribution is 5.15. The Morgan fingerprint density at radius 3 is 2.37 bits per heavy atom. The first-order chi connectivity index (χ1) is 9.20. The molecule has 0 saturated heterocycles. The van der Waals surface area contributed by atoms with E-state index in [-0.39, 0.29) is 5.54 Å². The largest absolute Gasteiger partial charge is 0.329 e. The molecule has 2 nitrogen and oxygen atoms in total. The minimum Gasteiger partial charge on any atom is -0.329 e. The average Bonchev–Trinajstić information content (AvgIpc) is 2.48. The van der Waals surface area contributed by atoms with Gasteiger partial charge in [0.25, 0.3) is 0 Å². The SMILES string of the molecule is CCC1CCC(CN)(N(C)Cc2ccccc2)CC1. The molecule has 0 amide bonds. The fourth-order valence-electron chi connectivity index (χ4n) is 3.39. The van der Waals surface area contributed by atoms with Crippen LogP contribution in [0.4, 0.5) is 0 Å². The van der Waals surface area contributed by atoms with Gasteiger partial charge in [-0.3, -0.25) is 4.90 Å². The summed E-state index contributed by atoms with van der Waals surface area (Å²) in [5.74, 6) is 0.921. The maximum Gasteiger partial charge on any atom is 0.0332 e. The summed E-state index contributed by atoms with van der Waals surface area (Å²) in [5.41, 5.74) is 7.75. The van der Waals surface area contributed by atoms with E-state index in [9.17, 15) is 0 Å². The Bertz CT molecular complexity index is 366. The van der Waals surface area contributed by atoms with Crippen molar-refractivity contribution in [3.8, 4) is 0 Å². The highest BCUT2D eigenvalue weighted by atomic mass is 15.2. The van der Waals surface area contributed by atoms with Crippen LogP contribution in [-0.4, -0.2) is 24.0 Å². The number of hydrogen-bond donors (Lipinski definition) is 1. The van der Waals surface area contributed by atoms with Gasteiger partial charge < -0.3 is 5.73 Å². The molecule has 0 spiro atoms. The van der Waals surface area contributed by atoms with E-state index in [0.29, 0.717) is 0 Å². The molecule has 1 fully saturated rings. The van der Waals surface area contributed by atoms with Gasteiger partial charge in [-0.1, -0.05) is 43.7 Å². The summed E-state index contributed by atoms with van der Waals surface area (Å²) in [6.07, 6.45) is 6.51. The molecule has 0 aromatic heterocycles. The van der Waals surface area contributed by atoms with E-state index in [0.717, 1.165) is 19.0 Å². The number of likely N-dealkylation sites (N-methyl/N-ethyl adjacent to an activating group) is 1. The van der Waals surface area contributed by atoms with Crippen molar-refractivity contribution in [2.45, 2.75) is 51.1 Å². The molecule has 1 aliphatic rings. The number of nitrogens with two attached hydrogens (primary N) is 1.